The minimum Gasteiger partial charge on any atom is -0.507 e. The lowest BCUT2D eigenvalue weighted by atomic mass is 9.76. The van der Waals surface area contributed by atoms with Crippen LogP contribution in [0.2, 0.25) is 0 Å². The molecule has 5 heteroatoms. The first-order valence-corrected chi connectivity index (χ1v) is 10.5. The number of hydrogen-bond acceptors (Lipinski definition) is 4. The zero-order valence-corrected chi connectivity index (χ0v) is 17.6. The van der Waals surface area contributed by atoms with E-state index in [2.05, 4.69) is 10.3 Å². The summed E-state index contributed by atoms with van der Waals surface area (Å²) < 4.78 is 1.71. The maximum atomic E-state index is 12.6. The van der Waals surface area contributed by atoms with Crippen molar-refractivity contribution in [2.45, 2.75) is 18.6 Å². The number of para-hydroxylation sites is 2. The molecule has 1 unspecified atom stereocenters. The van der Waals surface area contributed by atoms with E-state index in [4.69, 9.17) is 0 Å². The normalized spacial score (nSPS) is 12.7. The van der Waals surface area contributed by atoms with Crippen molar-refractivity contribution in [2.24, 2.45) is 0 Å². The Labute approximate surface area is 186 Å². The topological polar surface area (TPSA) is 71.2 Å². The zero-order chi connectivity index (χ0) is 22.1. The highest BCUT2D eigenvalue weighted by molar-refractivity contribution is 5.74. The first kappa shape index (κ1) is 20.0. The number of benzene rings is 4. The molecular formula is C27H23N3O2. The van der Waals surface area contributed by atoms with Gasteiger partial charge in [0.25, 0.3) is 0 Å². The molecule has 0 aliphatic rings. The van der Waals surface area contributed by atoms with Crippen molar-refractivity contribution in [1.82, 2.24) is 15.0 Å². The second-order valence-electron chi connectivity index (χ2n) is 7.94. The fraction of sp³-hybridized carbons (Fsp3) is 0.111. The first-order chi connectivity index (χ1) is 15.6. The summed E-state index contributed by atoms with van der Waals surface area (Å²) in [5.74, 6) is 0.127. The maximum absolute atomic E-state index is 12.6. The zero-order valence-electron chi connectivity index (χ0n) is 17.6. The Morgan fingerprint density at radius 1 is 0.750 bits per heavy atom. The summed E-state index contributed by atoms with van der Waals surface area (Å²) in [6.07, 6.45) is 0. The number of phenolic OH excluding ortho intramolecular Hbond substituents is 1. The summed E-state index contributed by atoms with van der Waals surface area (Å²) in [5, 5.41) is 32.5. The molecule has 0 aliphatic carbocycles. The predicted octanol–water partition coefficient (Wildman–Crippen LogP) is 4.97. The lowest BCUT2D eigenvalue weighted by molar-refractivity contribution is 0.0337. The number of aryl methyl sites for hydroxylation is 1. The van der Waals surface area contributed by atoms with E-state index in [0.717, 1.165) is 11.1 Å². The van der Waals surface area contributed by atoms with Crippen molar-refractivity contribution in [3.05, 3.63) is 125 Å². The molecule has 0 saturated heterocycles. The molecule has 32 heavy (non-hydrogen) atoms. The third-order valence-corrected chi connectivity index (χ3v) is 6.01. The fourth-order valence-corrected chi connectivity index (χ4v) is 4.38. The van der Waals surface area contributed by atoms with E-state index in [1.165, 1.54) is 0 Å². The number of phenols is 1. The van der Waals surface area contributed by atoms with Crippen LogP contribution in [0.15, 0.2) is 103 Å². The standard InChI is InChI=1S/C27H23N3O2/c1-19-11-10-16-22(25(19)31)26(30-24-18-9-8-17-23(24)28-29-30)27(32,20-12-4-2-5-13-20)21-14-6-3-7-15-21/h2-18,26,31-32H,1H3. The Balaban J connectivity index is 1.89. The maximum Gasteiger partial charge on any atom is 0.141 e. The Morgan fingerprint density at radius 2 is 1.34 bits per heavy atom. The second kappa shape index (κ2) is 7.94. The van der Waals surface area contributed by atoms with Crippen molar-refractivity contribution >= 4 is 11.0 Å². The van der Waals surface area contributed by atoms with Gasteiger partial charge in [0.15, 0.2) is 0 Å². The third-order valence-electron chi connectivity index (χ3n) is 6.01. The Morgan fingerprint density at radius 3 is 2.00 bits per heavy atom. The highest BCUT2D eigenvalue weighted by Gasteiger charge is 2.45. The number of aromatic nitrogens is 3. The molecule has 158 valence electrons. The molecule has 0 radical (unpaired) electrons. The molecular weight excluding hydrogens is 398 g/mol. The Kier molecular flexibility index (Phi) is 4.96. The van der Waals surface area contributed by atoms with Gasteiger partial charge in [0, 0.05) is 5.56 Å². The largest absolute Gasteiger partial charge is 0.507 e. The van der Waals surface area contributed by atoms with Crippen LogP contribution >= 0.6 is 0 Å². The van der Waals surface area contributed by atoms with Gasteiger partial charge in [-0.05, 0) is 35.7 Å². The predicted molar refractivity (Wildman–Crippen MR) is 124 cm³/mol. The monoisotopic (exact) mass is 421 g/mol. The van der Waals surface area contributed by atoms with Gasteiger partial charge < -0.3 is 10.2 Å². The summed E-state index contributed by atoms with van der Waals surface area (Å²) in [6, 6.07) is 31.4. The highest BCUT2D eigenvalue weighted by Crippen LogP contribution is 2.46. The molecule has 5 nitrogen and oxygen atoms in total. The van der Waals surface area contributed by atoms with Gasteiger partial charge in [-0.3, -0.25) is 0 Å². The fourth-order valence-electron chi connectivity index (χ4n) is 4.38. The van der Waals surface area contributed by atoms with Crippen molar-refractivity contribution in [3.63, 3.8) is 0 Å². The molecule has 0 amide bonds. The van der Waals surface area contributed by atoms with Crippen molar-refractivity contribution in [3.8, 4) is 5.75 Å². The molecule has 5 rings (SSSR count). The van der Waals surface area contributed by atoms with Gasteiger partial charge in [0.2, 0.25) is 0 Å². The molecule has 2 N–H and O–H groups in total. The molecule has 1 aromatic heterocycles. The summed E-state index contributed by atoms with van der Waals surface area (Å²) >= 11 is 0. The van der Waals surface area contributed by atoms with Gasteiger partial charge in [-0.2, -0.15) is 0 Å². The average Bonchev–Trinajstić information content (AvgIpc) is 3.27. The van der Waals surface area contributed by atoms with E-state index in [-0.39, 0.29) is 5.75 Å². The molecule has 5 aromatic rings. The molecule has 4 aromatic carbocycles. The van der Waals surface area contributed by atoms with Crippen LogP contribution in [0, 0.1) is 6.92 Å². The summed E-state index contributed by atoms with van der Waals surface area (Å²) in [7, 11) is 0. The molecule has 1 atom stereocenters. The van der Waals surface area contributed by atoms with Crippen molar-refractivity contribution in [2.75, 3.05) is 0 Å². The average molecular weight is 422 g/mol. The van der Waals surface area contributed by atoms with Crippen LogP contribution < -0.4 is 0 Å². The number of hydrogen-bond donors (Lipinski definition) is 2. The lowest BCUT2D eigenvalue weighted by Crippen LogP contribution is -2.39. The van der Waals surface area contributed by atoms with E-state index in [1.807, 2.05) is 110 Å². The van der Waals surface area contributed by atoms with Gasteiger partial charge in [0.05, 0.1) is 5.52 Å². The molecule has 0 spiro atoms. The minimum absolute atomic E-state index is 0.127. The molecule has 0 bridgehead atoms. The van der Waals surface area contributed by atoms with Crippen molar-refractivity contribution < 1.29 is 10.2 Å². The molecule has 0 saturated carbocycles. The Hall–Kier alpha value is -3.96. The molecule has 0 aliphatic heterocycles. The molecule has 0 fully saturated rings. The number of fused-ring (bicyclic) bond motifs is 1. The van der Waals surface area contributed by atoms with E-state index in [9.17, 15) is 10.2 Å². The van der Waals surface area contributed by atoms with Gasteiger partial charge in [-0.1, -0.05) is 96.2 Å². The summed E-state index contributed by atoms with van der Waals surface area (Å²) in [5.41, 5.74) is 2.62. The first-order valence-electron chi connectivity index (χ1n) is 10.5. The number of nitrogens with zero attached hydrogens (tertiary/aromatic N) is 3. The van der Waals surface area contributed by atoms with Crippen LogP contribution in [0.4, 0.5) is 0 Å². The van der Waals surface area contributed by atoms with E-state index >= 15 is 0 Å². The van der Waals surface area contributed by atoms with Gasteiger partial charge >= 0.3 is 0 Å². The quantitative estimate of drug-likeness (QED) is 0.420. The summed E-state index contributed by atoms with van der Waals surface area (Å²) in [4.78, 5) is 0. The van der Waals surface area contributed by atoms with Crippen LogP contribution in [0.1, 0.15) is 28.3 Å². The smallest absolute Gasteiger partial charge is 0.141 e. The van der Waals surface area contributed by atoms with Crippen molar-refractivity contribution in [1.29, 1.82) is 0 Å². The summed E-state index contributed by atoms with van der Waals surface area (Å²) in [6.45, 7) is 1.85. The van der Waals surface area contributed by atoms with Crippen LogP contribution in [0.3, 0.4) is 0 Å². The second-order valence-corrected chi connectivity index (χ2v) is 7.94. The van der Waals surface area contributed by atoms with Crippen LogP contribution in [-0.4, -0.2) is 25.2 Å². The van der Waals surface area contributed by atoms with Crippen LogP contribution in [0.25, 0.3) is 11.0 Å². The lowest BCUT2D eigenvalue weighted by Gasteiger charge is -2.38. The Bertz CT molecular complexity index is 1320. The van der Waals surface area contributed by atoms with Crippen LogP contribution in [-0.2, 0) is 5.60 Å². The van der Waals surface area contributed by atoms with E-state index < -0.39 is 11.6 Å². The number of rotatable bonds is 5. The van der Waals surface area contributed by atoms with Crippen LogP contribution in [0.5, 0.6) is 5.75 Å². The van der Waals surface area contributed by atoms with Gasteiger partial charge in [-0.15, -0.1) is 5.10 Å². The minimum atomic E-state index is -1.54. The highest BCUT2D eigenvalue weighted by atomic mass is 16.3. The van der Waals surface area contributed by atoms with E-state index in [0.29, 0.717) is 22.2 Å². The number of aromatic hydroxyl groups is 1. The van der Waals surface area contributed by atoms with Gasteiger partial charge in [0.1, 0.15) is 22.9 Å². The third kappa shape index (κ3) is 3.15. The van der Waals surface area contributed by atoms with Gasteiger partial charge in [-0.25, -0.2) is 4.68 Å². The molecule has 1 heterocycles. The number of aliphatic hydroxyl groups is 1. The van der Waals surface area contributed by atoms with E-state index in [1.54, 1.807) is 4.68 Å². The SMILES string of the molecule is Cc1cccc(C(n2nnc3ccccc32)C(O)(c2ccccc2)c2ccccc2)c1O.